The van der Waals surface area contributed by atoms with Gasteiger partial charge < -0.3 is 23.8 Å². The first-order chi connectivity index (χ1) is 15.5. The van der Waals surface area contributed by atoms with Crippen LogP contribution in [0.2, 0.25) is 0 Å². The minimum Gasteiger partial charge on any atom is -0.492 e. The van der Waals surface area contributed by atoms with Gasteiger partial charge in [-0.25, -0.2) is 9.78 Å². The van der Waals surface area contributed by atoms with Crippen molar-refractivity contribution in [3.05, 3.63) is 87.9 Å². The highest BCUT2D eigenvalue weighted by Gasteiger charge is 2.19. The van der Waals surface area contributed by atoms with Crippen molar-refractivity contribution in [3.63, 3.8) is 0 Å². The average Bonchev–Trinajstić information content (AvgIpc) is 3.34. The van der Waals surface area contributed by atoms with E-state index in [4.69, 9.17) is 13.6 Å². The number of hydrogen-bond donors (Lipinski definition) is 3. The Bertz CT molecular complexity index is 1210. The van der Waals surface area contributed by atoms with Crippen LogP contribution in [0.5, 0.6) is 11.6 Å². The fourth-order valence-electron chi connectivity index (χ4n) is 3.40. The van der Waals surface area contributed by atoms with Gasteiger partial charge in [-0.1, -0.05) is 30.3 Å². The van der Waals surface area contributed by atoms with E-state index in [1.807, 2.05) is 54.6 Å². The summed E-state index contributed by atoms with van der Waals surface area (Å²) in [5.41, 5.74) is 2.38. The lowest BCUT2D eigenvalue weighted by atomic mass is 10.1. The van der Waals surface area contributed by atoms with E-state index in [2.05, 4.69) is 9.97 Å². The molecule has 8 heteroatoms. The molecule has 0 saturated carbocycles. The smallest absolute Gasteiger partial charge is 0.419 e. The Morgan fingerprint density at radius 2 is 1.81 bits per heavy atom. The second-order valence-electron chi connectivity index (χ2n) is 7.44. The van der Waals surface area contributed by atoms with Crippen LogP contribution in [-0.4, -0.2) is 26.8 Å². The van der Waals surface area contributed by atoms with E-state index < -0.39 is 11.9 Å². The molecule has 1 atom stereocenters. The Morgan fingerprint density at radius 1 is 1.06 bits per heavy atom. The number of nitrogens with zero attached hydrogens (tertiary/aromatic N) is 1. The van der Waals surface area contributed by atoms with Gasteiger partial charge in [-0.3, -0.25) is 4.98 Å². The number of aryl methyl sites for hydroxylation is 3. The number of rotatable bonds is 9. The summed E-state index contributed by atoms with van der Waals surface area (Å²) < 4.78 is 16.3. The molecule has 166 valence electrons. The number of aromatic nitrogens is 2. The fraction of sp³-hybridized carbons (Fsp3) is 0.250. The number of aliphatic hydroxyl groups excluding tert-OH is 1. The average molecular weight is 436 g/mol. The number of benzene rings is 2. The van der Waals surface area contributed by atoms with E-state index in [1.54, 1.807) is 6.92 Å². The van der Waals surface area contributed by atoms with E-state index in [-0.39, 0.29) is 18.2 Å². The number of aromatic hydroxyl groups is 1. The van der Waals surface area contributed by atoms with Crippen LogP contribution in [0.25, 0.3) is 11.5 Å². The van der Waals surface area contributed by atoms with Crippen LogP contribution >= 0.6 is 0 Å². The van der Waals surface area contributed by atoms with Crippen LogP contribution in [0.4, 0.5) is 0 Å². The third-order valence-corrected chi connectivity index (χ3v) is 5.07. The quantitative estimate of drug-likeness (QED) is 0.363. The zero-order chi connectivity index (χ0) is 22.5. The van der Waals surface area contributed by atoms with Gasteiger partial charge in [-0.2, -0.15) is 0 Å². The van der Waals surface area contributed by atoms with Crippen LogP contribution in [-0.2, 0) is 12.8 Å². The molecule has 0 spiro atoms. The molecule has 32 heavy (non-hydrogen) atoms. The predicted octanol–water partition coefficient (Wildman–Crippen LogP) is 3.92. The predicted molar refractivity (Wildman–Crippen MR) is 117 cm³/mol. The number of oxazole rings is 2. The maximum absolute atomic E-state index is 11.0. The van der Waals surface area contributed by atoms with Crippen LogP contribution in [0.1, 0.15) is 35.3 Å². The summed E-state index contributed by atoms with van der Waals surface area (Å²) in [7, 11) is 0. The Balaban J connectivity index is 1.29. The lowest BCUT2D eigenvalue weighted by Crippen LogP contribution is -2.11. The van der Waals surface area contributed by atoms with E-state index in [0.29, 0.717) is 35.9 Å². The van der Waals surface area contributed by atoms with Crippen molar-refractivity contribution in [2.75, 3.05) is 6.61 Å². The maximum atomic E-state index is 11.0. The molecule has 0 fully saturated rings. The second kappa shape index (κ2) is 9.57. The molecule has 0 bridgehead atoms. The van der Waals surface area contributed by atoms with Gasteiger partial charge in [-0.15, -0.1) is 0 Å². The van der Waals surface area contributed by atoms with E-state index in [9.17, 15) is 15.0 Å². The SMILES string of the molecule is Cc1oc(-c2ccccc2)nc1C(O)COc1ccc(CCCc2oc(=O)[nH]c2O)cc1. The maximum Gasteiger partial charge on any atom is 0.419 e. The van der Waals surface area contributed by atoms with Crippen molar-refractivity contribution in [1.29, 1.82) is 0 Å². The Morgan fingerprint density at radius 3 is 2.50 bits per heavy atom. The van der Waals surface area contributed by atoms with Crippen molar-refractivity contribution in [2.24, 2.45) is 0 Å². The molecule has 0 saturated heterocycles. The molecule has 4 rings (SSSR count). The normalized spacial score (nSPS) is 12.1. The fourth-order valence-corrected chi connectivity index (χ4v) is 3.40. The number of nitrogens with one attached hydrogen (secondary N) is 1. The first kappa shape index (κ1) is 21.5. The summed E-state index contributed by atoms with van der Waals surface area (Å²) in [5.74, 6) is 1.05. The molecule has 2 aromatic carbocycles. The van der Waals surface area contributed by atoms with Gasteiger partial charge in [0.2, 0.25) is 11.8 Å². The highest BCUT2D eigenvalue weighted by atomic mass is 16.5. The standard InChI is InChI=1S/C24H24N2O6/c1-15-21(25-23(31-15)17-7-3-2-4-8-17)19(27)14-30-18-12-10-16(11-13-18)6-5-9-20-22(28)26-24(29)32-20/h2-4,7-8,10-13,19,27-28H,5-6,9,14H2,1H3,(H,26,29). The third-order valence-electron chi connectivity index (χ3n) is 5.07. The molecule has 0 aliphatic carbocycles. The number of hydrogen-bond acceptors (Lipinski definition) is 7. The van der Waals surface area contributed by atoms with Gasteiger partial charge in [0.1, 0.15) is 29.9 Å². The zero-order valence-corrected chi connectivity index (χ0v) is 17.6. The van der Waals surface area contributed by atoms with Gasteiger partial charge in [0.05, 0.1) is 0 Å². The van der Waals surface area contributed by atoms with Crippen molar-refractivity contribution in [1.82, 2.24) is 9.97 Å². The van der Waals surface area contributed by atoms with Gasteiger partial charge in [0, 0.05) is 12.0 Å². The summed E-state index contributed by atoms with van der Waals surface area (Å²) in [4.78, 5) is 17.7. The lowest BCUT2D eigenvalue weighted by molar-refractivity contribution is 0.104. The van der Waals surface area contributed by atoms with E-state index >= 15 is 0 Å². The van der Waals surface area contributed by atoms with Crippen LogP contribution in [0, 0.1) is 6.92 Å². The van der Waals surface area contributed by atoms with Crippen LogP contribution < -0.4 is 10.5 Å². The van der Waals surface area contributed by atoms with Gasteiger partial charge in [-0.05, 0) is 49.6 Å². The van der Waals surface area contributed by atoms with E-state index in [0.717, 1.165) is 17.5 Å². The first-order valence-electron chi connectivity index (χ1n) is 10.3. The molecule has 3 N–H and O–H groups in total. The number of H-pyrrole nitrogens is 1. The highest BCUT2D eigenvalue weighted by Crippen LogP contribution is 2.26. The van der Waals surface area contributed by atoms with Gasteiger partial charge in [0.25, 0.3) is 0 Å². The molecule has 1 unspecified atom stereocenters. The minimum atomic E-state index is -0.917. The molecule has 4 aromatic rings. The highest BCUT2D eigenvalue weighted by molar-refractivity contribution is 5.53. The lowest BCUT2D eigenvalue weighted by Gasteiger charge is -2.11. The summed E-state index contributed by atoms with van der Waals surface area (Å²) in [5, 5.41) is 20.1. The Labute approximate surface area is 184 Å². The third kappa shape index (κ3) is 5.09. The van der Waals surface area contributed by atoms with Gasteiger partial charge in [0.15, 0.2) is 5.76 Å². The minimum absolute atomic E-state index is 0.0484. The molecule has 0 radical (unpaired) electrons. The second-order valence-corrected chi connectivity index (χ2v) is 7.44. The molecular formula is C24H24N2O6. The summed E-state index contributed by atoms with van der Waals surface area (Å²) in [6, 6.07) is 17.1. The largest absolute Gasteiger partial charge is 0.492 e. The zero-order valence-electron chi connectivity index (χ0n) is 17.6. The number of ether oxygens (including phenoxy) is 1. The van der Waals surface area contributed by atoms with Gasteiger partial charge >= 0.3 is 5.76 Å². The van der Waals surface area contributed by atoms with Crippen molar-refractivity contribution < 1.29 is 23.8 Å². The molecular weight excluding hydrogens is 412 g/mol. The Kier molecular flexibility index (Phi) is 6.42. The molecule has 8 nitrogen and oxygen atoms in total. The number of aromatic amines is 1. The summed E-state index contributed by atoms with van der Waals surface area (Å²) in [6.07, 6.45) is 0.997. The molecule has 2 aromatic heterocycles. The summed E-state index contributed by atoms with van der Waals surface area (Å²) in [6.45, 7) is 1.82. The van der Waals surface area contributed by atoms with Crippen LogP contribution in [0.3, 0.4) is 0 Å². The molecule has 2 heterocycles. The van der Waals surface area contributed by atoms with Crippen LogP contribution in [0.15, 0.2) is 68.2 Å². The van der Waals surface area contributed by atoms with Crippen molar-refractivity contribution >= 4 is 0 Å². The summed E-state index contributed by atoms with van der Waals surface area (Å²) >= 11 is 0. The first-order valence-corrected chi connectivity index (χ1v) is 10.3. The topological polar surface area (TPSA) is 122 Å². The Hall–Kier alpha value is -3.78. The molecule has 0 aliphatic heterocycles. The molecule has 0 aliphatic rings. The van der Waals surface area contributed by atoms with E-state index in [1.165, 1.54) is 0 Å². The molecule has 0 amide bonds. The van der Waals surface area contributed by atoms with Crippen molar-refractivity contribution in [3.8, 4) is 23.1 Å². The number of aliphatic hydroxyl groups is 1. The van der Waals surface area contributed by atoms with Crippen molar-refractivity contribution in [2.45, 2.75) is 32.3 Å². The monoisotopic (exact) mass is 436 g/mol.